The Morgan fingerprint density at radius 2 is 1.63 bits per heavy atom. The number of hydrogen-bond donors (Lipinski definition) is 2. The number of amides is 1. The SMILES string of the molecule is CCCCOc1ccc(C(=O)Nc2ccc(C(=O)O)cc2OC)cc1OC. The second kappa shape index (κ2) is 9.47. The third-order valence-corrected chi connectivity index (χ3v) is 3.88. The molecule has 0 saturated carbocycles. The highest BCUT2D eigenvalue weighted by Gasteiger charge is 2.15. The van der Waals surface area contributed by atoms with Gasteiger partial charge in [-0.15, -0.1) is 0 Å². The molecule has 0 aliphatic heterocycles. The van der Waals surface area contributed by atoms with E-state index in [1.807, 2.05) is 0 Å². The van der Waals surface area contributed by atoms with Crippen LogP contribution in [-0.2, 0) is 0 Å². The van der Waals surface area contributed by atoms with Crippen LogP contribution in [0.4, 0.5) is 5.69 Å². The molecule has 7 nitrogen and oxygen atoms in total. The maximum Gasteiger partial charge on any atom is 0.335 e. The van der Waals surface area contributed by atoms with Crippen molar-refractivity contribution in [2.24, 2.45) is 0 Å². The summed E-state index contributed by atoms with van der Waals surface area (Å²) in [5.41, 5.74) is 0.814. The smallest absolute Gasteiger partial charge is 0.335 e. The van der Waals surface area contributed by atoms with E-state index in [4.69, 9.17) is 19.3 Å². The van der Waals surface area contributed by atoms with Crippen molar-refractivity contribution in [2.45, 2.75) is 19.8 Å². The standard InChI is InChI=1S/C20H23NO6/c1-4-5-10-27-16-9-7-13(11-18(16)26-3)19(22)21-15-8-6-14(20(23)24)12-17(15)25-2/h6-9,11-12H,4-5,10H2,1-3H3,(H,21,22)(H,23,24). The van der Waals surface area contributed by atoms with Crippen LogP contribution in [0.5, 0.6) is 17.2 Å². The van der Waals surface area contributed by atoms with Crippen LogP contribution in [0.25, 0.3) is 0 Å². The monoisotopic (exact) mass is 373 g/mol. The molecule has 0 aromatic heterocycles. The maximum absolute atomic E-state index is 12.6. The molecular formula is C20H23NO6. The van der Waals surface area contributed by atoms with Gasteiger partial charge >= 0.3 is 5.97 Å². The first-order valence-corrected chi connectivity index (χ1v) is 8.53. The Labute approximate surface area is 157 Å². The normalized spacial score (nSPS) is 10.2. The molecule has 0 fully saturated rings. The lowest BCUT2D eigenvalue weighted by Gasteiger charge is -2.13. The number of hydrogen-bond acceptors (Lipinski definition) is 5. The van der Waals surface area contributed by atoms with E-state index in [1.54, 1.807) is 18.2 Å². The van der Waals surface area contributed by atoms with Gasteiger partial charge in [0.15, 0.2) is 11.5 Å². The van der Waals surface area contributed by atoms with Gasteiger partial charge in [0.05, 0.1) is 32.1 Å². The van der Waals surface area contributed by atoms with Crippen LogP contribution in [0.15, 0.2) is 36.4 Å². The zero-order valence-corrected chi connectivity index (χ0v) is 15.6. The minimum atomic E-state index is -1.07. The summed E-state index contributed by atoms with van der Waals surface area (Å²) in [5, 5.41) is 11.8. The third kappa shape index (κ3) is 5.13. The van der Waals surface area contributed by atoms with Gasteiger partial charge in [0.2, 0.25) is 0 Å². The molecule has 0 unspecified atom stereocenters. The molecule has 1 amide bonds. The highest BCUT2D eigenvalue weighted by molar-refractivity contribution is 6.05. The highest BCUT2D eigenvalue weighted by atomic mass is 16.5. The van der Waals surface area contributed by atoms with E-state index in [0.717, 1.165) is 12.8 Å². The van der Waals surface area contributed by atoms with Crippen molar-refractivity contribution in [2.75, 3.05) is 26.1 Å². The zero-order chi connectivity index (χ0) is 19.8. The largest absolute Gasteiger partial charge is 0.495 e. The van der Waals surface area contributed by atoms with Gasteiger partial charge in [-0.2, -0.15) is 0 Å². The van der Waals surface area contributed by atoms with E-state index < -0.39 is 5.97 Å². The van der Waals surface area contributed by atoms with Gasteiger partial charge in [0.1, 0.15) is 5.75 Å². The molecule has 0 aliphatic rings. The summed E-state index contributed by atoms with van der Waals surface area (Å²) < 4.78 is 16.1. The van der Waals surface area contributed by atoms with Crippen molar-refractivity contribution in [1.29, 1.82) is 0 Å². The lowest BCUT2D eigenvalue weighted by Crippen LogP contribution is -2.13. The summed E-state index contributed by atoms with van der Waals surface area (Å²) in [6.45, 7) is 2.65. The van der Waals surface area contributed by atoms with Crippen LogP contribution in [0.1, 0.15) is 40.5 Å². The van der Waals surface area contributed by atoms with Crippen molar-refractivity contribution in [3.8, 4) is 17.2 Å². The van der Waals surface area contributed by atoms with E-state index in [0.29, 0.717) is 29.4 Å². The molecule has 2 aromatic rings. The molecule has 2 aromatic carbocycles. The van der Waals surface area contributed by atoms with E-state index in [-0.39, 0.29) is 17.2 Å². The van der Waals surface area contributed by atoms with Crippen LogP contribution >= 0.6 is 0 Å². The maximum atomic E-state index is 12.6. The average molecular weight is 373 g/mol. The molecule has 0 radical (unpaired) electrons. The fourth-order valence-corrected chi connectivity index (χ4v) is 2.38. The Balaban J connectivity index is 2.19. The van der Waals surface area contributed by atoms with Gasteiger partial charge in [0.25, 0.3) is 5.91 Å². The van der Waals surface area contributed by atoms with Gasteiger partial charge < -0.3 is 24.6 Å². The second-order valence-corrected chi connectivity index (χ2v) is 5.74. The molecule has 144 valence electrons. The Bertz CT molecular complexity index is 818. The Morgan fingerprint density at radius 1 is 0.963 bits per heavy atom. The minimum absolute atomic E-state index is 0.0695. The summed E-state index contributed by atoms with van der Waals surface area (Å²) in [4.78, 5) is 23.6. The predicted molar refractivity (Wildman–Crippen MR) is 101 cm³/mol. The predicted octanol–water partition coefficient (Wildman–Crippen LogP) is 3.83. The molecule has 27 heavy (non-hydrogen) atoms. The van der Waals surface area contributed by atoms with Crippen molar-refractivity contribution < 1.29 is 28.9 Å². The van der Waals surface area contributed by atoms with Crippen LogP contribution in [0, 0.1) is 0 Å². The first kappa shape index (κ1) is 20.1. The van der Waals surface area contributed by atoms with E-state index in [2.05, 4.69) is 12.2 Å². The number of aromatic carboxylic acids is 1. The number of carbonyl (C=O) groups excluding carboxylic acids is 1. The van der Waals surface area contributed by atoms with E-state index in [1.165, 1.54) is 32.4 Å². The van der Waals surface area contributed by atoms with Gasteiger partial charge in [0, 0.05) is 5.56 Å². The number of rotatable bonds is 9. The first-order chi connectivity index (χ1) is 13.0. The molecular weight excluding hydrogens is 350 g/mol. The number of carboxylic acids is 1. The van der Waals surface area contributed by atoms with Crippen molar-refractivity contribution >= 4 is 17.6 Å². The number of nitrogens with one attached hydrogen (secondary N) is 1. The number of unbranched alkanes of at least 4 members (excludes halogenated alkanes) is 1. The topological polar surface area (TPSA) is 94.1 Å². The second-order valence-electron chi connectivity index (χ2n) is 5.74. The Morgan fingerprint density at radius 3 is 2.26 bits per heavy atom. The summed E-state index contributed by atoms with van der Waals surface area (Å²) >= 11 is 0. The number of anilines is 1. The first-order valence-electron chi connectivity index (χ1n) is 8.53. The van der Waals surface area contributed by atoms with Crippen molar-refractivity contribution in [3.05, 3.63) is 47.5 Å². The van der Waals surface area contributed by atoms with Gasteiger partial charge in [-0.3, -0.25) is 4.79 Å². The summed E-state index contributed by atoms with van der Waals surface area (Å²) in [6, 6.07) is 9.15. The van der Waals surface area contributed by atoms with E-state index in [9.17, 15) is 9.59 Å². The number of carbonyl (C=O) groups is 2. The summed E-state index contributed by atoms with van der Waals surface area (Å²) in [7, 11) is 2.92. The minimum Gasteiger partial charge on any atom is -0.495 e. The molecule has 0 bridgehead atoms. The Kier molecular flexibility index (Phi) is 7.05. The van der Waals surface area contributed by atoms with Crippen molar-refractivity contribution in [3.63, 3.8) is 0 Å². The fourth-order valence-electron chi connectivity index (χ4n) is 2.38. The van der Waals surface area contributed by atoms with E-state index >= 15 is 0 Å². The fraction of sp³-hybridized carbons (Fsp3) is 0.300. The quantitative estimate of drug-likeness (QED) is 0.649. The number of methoxy groups -OCH3 is 2. The molecule has 2 rings (SSSR count). The van der Waals surface area contributed by atoms with Crippen LogP contribution in [0.2, 0.25) is 0 Å². The molecule has 0 atom stereocenters. The summed E-state index contributed by atoms with van der Waals surface area (Å²) in [5.74, 6) is -0.156. The molecule has 0 saturated heterocycles. The lowest BCUT2D eigenvalue weighted by molar-refractivity contribution is 0.0696. The molecule has 7 heteroatoms. The van der Waals surface area contributed by atoms with Crippen LogP contribution in [0.3, 0.4) is 0 Å². The van der Waals surface area contributed by atoms with Crippen LogP contribution < -0.4 is 19.5 Å². The highest BCUT2D eigenvalue weighted by Crippen LogP contribution is 2.30. The molecule has 0 aliphatic carbocycles. The zero-order valence-electron chi connectivity index (χ0n) is 15.6. The van der Waals surface area contributed by atoms with Gasteiger partial charge in [-0.05, 0) is 42.8 Å². The van der Waals surface area contributed by atoms with Gasteiger partial charge in [-0.25, -0.2) is 4.79 Å². The molecule has 0 heterocycles. The lowest BCUT2D eigenvalue weighted by atomic mass is 10.1. The molecule has 2 N–H and O–H groups in total. The molecule has 0 spiro atoms. The van der Waals surface area contributed by atoms with Crippen molar-refractivity contribution in [1.82, 2.24) is 0 Å². The van der Waals surface area contributed by atoms with Gasteiger partial charge in [-0.1, -0.05) is 13.3 Å². The third-order valence-electron chi connectivity index (χ3n) is 3.88. The van der Waals surface area contributed by atoms with Crippen LogP contribution in [-0.4, -0.2) is 37.8 Å². The summed E-state index contributed by atoms with van der Waals surface area (Å²) in [6.07, 6.45) is 1.95. The Hall–Kier alpha value is -3.22. The number of benzene rings is 2. The number of carboxylic acid groups (broad SMARTS) is 1. The number of ether oxygens (including phenoxy) is 3. The average Bonchev–Trinajstić information content (AvgIpc) is 2.68.